The zero-order valence-corrected chi connectivity index (χ0v) is 33.7. The summed E-state index contributed by atoms with van der Waals surface area (Å²) in [7, 11) is 0. The summed E-state index contributed by atoms with van der Waals surface area (Å²) in [6.07, 6.45) is 11.1. The van der Waals surface area contributed by atoms with Crippen molar-refractivity contribution in [1.29, 1.82) is 0 Å². The number of hydrogen-bond acceptors (Lipinski definition) is 9. The summed E-state index contributed by atoms with van der Waals surface area (Å²) < 4.78 is 0. The van der Waals surface area contributed by atoms with Gasteiger partial charge in [-0.15, -0.1) is 10.2 Å². The Balaban J connectivity index is 1.26. The first kappa shape index (κ1) is 40.6. The van der Waals surface area contributed by atoms with Gasteiger partial charge in [0.25, 0.3) is 5.91 Å². The summed E-state index contributed by atoms with van der Waals surface area (Å²) >= 11 is 0. The van der Waals surface area contributed by atoms with Crippen LogP contribution in [0.1, 0.15) is 138 Å². The van der Waals surface area contributed by atoms with Crippen LogP contribution in [0.2, 0.25) is 0 Å². The van der Waals surface area contributed by atoms with E-state index in [4.69, 9.17) is 5.73 Å². The third-order valence-corrected chi connectivity index (χ3v) is 14.5. The Labute approximate surface area is 323 Å². The second-order valence-corrected chi connectivity index (χ2v) is 19.3. The van der Waals surface area contributed by atoms with Gasteiger partial charge in [0.05, 0.1) is 11.6 Å². The molecule has 1 unspecified atom stereocenters. The number of ketones is 1. The number of carbonyl (C=O) groups excluding carboxylic acids is 6. The molecule has 55 heavy (non-hydrogen) atoms. The first-order valence-electron chi connectivity index (χ1n) is 20.3. The number of amides is 6. The van der Waals surface area contributed by atoms with Crippen molar-refractivity contribution >= 4 is 35.4 Å². The predicted molar refractivity (Wildman–Crippen MR) is 201 cm³/mol. The quantitative estimate of drug-likeness (QED) is 0.162. The first-order chi connectivity index (χ1) is 25.7. The molecule has 0 aromatic carbocycles. The number of Topliss-reactive ketones (excluding diaryl/α,β-unsaturated/α-hetero) is 1. The van der Waals surface area contributed by atoms with E-state index in [0.717, 1.165) is 70.6 Å². The third-order valence-electron chi connectivity index (χ3n) is 14.5. The van der Waals surface area contributed by atoms with E-state index >= 15 is 4.79 Å². The van der Waals surface area contributed by atoms with E-state index in [1.54, 1.807) is 18.7 Å². The molecule has 0 bridgehead atoms. The van der Waals surface area contributed by atoms with Gasteiger partial charge in [0.1, 0.15) is 18.1 Å². The highest BCUT2D eigenvalue weighted by Crippen LogP contribution is 2.88. The zero-order valence-electron chi connectivity index (χ0n) is 33.7. The lowest BCUT2D eigenvalue weighted by Gasteiger charge is -2.38. The fourth-order valence-corrected chi connectivity index (χ4v) is 10.7. The van der Waals surface area contributed by atoms with E-state index < -0.39 is 70.6 Å². The van der Waals surface area contributed by atoms with Crippen LogP contribution in [0.25, 0.3) is 0 Å². The van der Waals surface area contributed by atoms with Crippen molar-refractivity contribution in [2.45, 2.75) is 162 Å². The van der Waals surface area contributed by atoms with Crippen LogP contribution in [-0.2, 0) is 29.5 Å². The predicted octanol–water partition coefficient (Wildman–Crippen LogP) is 2.74. The highest BCUT2D eigenvalue weighted by molar-refractivity contribution is 6.37. The number of hydrogen-bond donors (Lipinski definition) is 6. The number of nitrogens with zero attached hydrogens (tertiary/aromatic N) is 4. The number of likely N-dealkylation sites (tertiary alicyclic amines) is 1. The fraction of sp³-hybridized carbons (Fsp3) is 0.821. The maximum absolute atomic E-state index is 15.1. The van der Waals surface area contributed by atoms with Crippen LogP contribution in [0.4, 0.5) is 4.79 Å². The Morgan fingerprint density at radius 2 is 1.56 bits per heavy atom. The number of H-pyrrole nitrogens is 1. The molecule has 1 saturated heterocycles. The Morgan fingerprint density at radius 3 is 2.07 bits per heavy atom. The molecule has 1 aliphatic heterocycles. The lowest BCUT2D eigenvalue weighted by molar-refractivity contribution is -0.145. The lowest BCUT2D eigenvalue weighted by atomic mass is 9.73. The number of carbonyl (C=O) groups is 6. The summed E-state index contributed by atoms with van der Waals surface area (Å²) in [6.45, 7) is 13.8. The van der Waals surface area contributed by atoms with Crippen LogP contribution in [-0.4, -0.2) is 91.7 Å². The van der Waals surface area contributed by atoms with Gasteiger partial charge in [-0.3, -0.25) is 24.0 Å². The zero-order chi connectivity index (χ0) is 40.1. The summed E-state index contributed by atoms with van der Waals surface area (Å²) in [6, 6.07) is -4.54. The molecule has 0 radical (unpaired) electrons. The summed E-state index contributed by atoms with van der Waals surface area (Å²) in [4.78, 5) is 84.1. The lowest BCUT2D eigenvalue weighted by Crippen LogP contribution is -2.63. The number of urea groups is 1. The van der Waals surface area contributed by atoms with Crippen molar-refractivity contribution in [1.82, 2.24) is 46.8 Å². The monoisotopic (exact) mass is 766 g/mol. The smallest absolute Gasteiger partial charge is 0.316 e. The maximum atomic E-state index is 15.1. The van der Waals surface area contributed by atoms with E-state index in [-0.39, 0.29) is 33.9 Å². The minimum Gasteiger partial charge on any atom is -0.363 e. The topological polar surface area (TPSA) is 234 Å². The number of aromatic nitrogens is 4. The van der Waals surface area contributed by atoms with E-state index in [2.05, 4.69) is 55.7 Å². The second-order valence-electron chi connectivity index (χ2n) is 19.3. The van der Waals surface area contributed by atoms with Gasteiger partial charge in [0.15, 0.2) is 5.82 Å². The number of nitrogens with one attached hydrogen (secondary N) is 5. The van der Waals surface area contributed by atoms with Crippen molar-refractivity contribution in [2.24, 2.45) is 39.2 Å². The van der Waals surface area contributed by atoms with Crippen LogP contribution in [0, 0.1) is 33.5 Å². The molecule has 2 spiro atoms. The third kappa shape index (κ3) is 7.34. The molecule has 304 valence electrons. The minimum absolute atomic E-state index is 0.00104. The molecule has 1 aromatic heterocycles. The molecule has 5 aliphatic rings. The average molecular weight is 767 g/mol. The van der Waals surface area contributed by atoms with E-state index in [1.807, 2.05) is 20.8 Å². The van der Waals surface area contributed by atoms with Gasteiger partial charge < -0.3 is 31.9 Å². The average Bonchev–Trinajstić information content (AvgIpc) is 3.58. The van der Waals surface area contributed by atoms with Crippen molar-refractivity contribution in [3.8, 4) is 0 Å². The molecular formula is C39H62N10O6. The van der Waals surface area contributed by atoms with Gasteiger partial charge in [-0.05, 0) is 80.5 Å². The largest absolute Gasteiger partial charge is 0.363 e. The van der Waals surface area contributed by atoms with Gasteiger partial charge in [-0.2, -0.15) is 5.21 Å². The normalized spacial score (nSPS) is 26.2. The maximum Gasteiger partial charge on any atom is 0.316 e. The Morgan fingerprint density at radius 1 is 0.891 bits per heavy atom. The minimum atomic E-state index is -1.10. The van der Waals surface area contributed by atoms with Crippen LogP contribution < -0.4 is 27.0 Å². The van der Waals surface area contributed by atoms with E-state index in [1.165, 1.54) is 0 Å². The Hall–Kier alpha value is -4.11. The van der Waals surface area contributed by atoms with Crippen LogP contribution in [0.3, 0.4) is 0 Å². The van der Waals surface area contributed by atoms with E-state index in [9.17, 15) is 24.0 Å². The molecule has 7 N–H and O–H groups in total. The van der Waals surface area contributed by atoms with Crippen LogP contribution >= 0.6 is 0 Å². The van der Waals surface area contributed by atoms with Gasteiger partial charge in [0.2, 0.25) is 23.5 Å². The highest BCUT2D eigenvalue weighted by Gasteiger charge is 2.85. The number of fused-ring (bicyclic) bond motifs is 1. The van der Waals surface area contributed by atoms with Crippen molar-refractivity contribution in [3.63, 3.8) is 0 Å². The molecule has 5 fully saturated rings. The molecule has 6 rings (SSSR count). The second kappa shape index (κ2) is 14.8. The van der Waals surface area contributed by atoms with Gasteiger partial charge in [-0.25, -0.2) is 4.79 Å². The number of tetrazole rings is 1. The molecule has 16 nitrogen and oxygen atoms in total. The van der Waals surface area contributed by atoms with Gasteiger partial charge >= 0.3 is 6.03 Å². The molecule has 5 atom stereocenters. The summed E-state index contributed by atoms with van der Waals surface area (Å²) in [5.41, 5.74) is 3.22. The van der Waals surface area contributed by atoms with E-state index in [0.29, 0.717) is 19.4 Å². The Bertz CT molecular complexity index is 1660. The van der Waals surface area contributed by atoms with Crippen LogP contribution in [0.15, 0.2) is 0 Å². The molecule has 4 aliphatic carbocycles. The molecule has 4 saturated carbocycles. The molecular weight excluding hydrogens is 704 g/mol. The van der Waals surface area contributed by atoms with Crippen molar-refractivity contribution in [2.75, 3.05) is 6.54 Å². The number of rotatable bonds is 13. The van der Waals surface area contributed by atoms with Gasteiger partial charge in [-0.1, -0.05) is 84.8 Å². The number of primary amides is 1. The van der Waals surface area contributed by atoms with Gasteiger partial charge in [0, 0.05) is 12.0 Å². The highest BCUT2D eigenvalue weighted by atomic mass is 16.2. The summed E-state index contributed by atoms with van der Waals surface area (Å²) in [5, 5.41) is 25.7. The fourth-order valence-electron chi connectivity index (χ4n) is 10.7. The standard InChI is InChI=1S/C39H62N10O6/c1-35(2,3)28(43-31(53)26(23-15-9-8-10-16-23)42-34(55)44-36(4,5)33-45-47-48-46-33)32(54)49-21-39(37(6,7)38(39)17-12-18-38)20-25(49)30(52)41-24(27(50)29(40)51)19-22-13-11-14-22/h22-26,28H,8-21H2,1-7H3,(H2,40,51)(H,41,52)(H,43,53)(H2,42,44,55)(H,45,46,47,48)/t24?,25-,26-,28+,39+/m0/s1. The molecule has 6 amide bonds. The molecule has 2 heterocycles. The van der Waals surface area contributed by atoms with Crippen LogP contribution in [0.5, 0.6) is 0 Å². The molecule has 16 heteroatoms. The Kier molecular flexibility index (Phi) is 10.9. The molecule has 1 aromatic rings. The number of aromatic amines is 1. The van der Waals surface area contributed by atoms with Crippen molar-refractivity contribution in [3.05, 3.63) is 5.82 Å². The summed E-state index contributed by atoms with van der Waals surface area (Å²) in [5.74, 6) is -2.95. The van der Waals surface area contributed by atoms with Crippen molar-refractivity contribution < 1.29 is 28.8 Å². The first-order valence-corrected chi connectivity index (χ1v) is 20.3. The SMILES string of the molecule is CC(C)(NC(=O)N[C@H](C(=O)N[C@H](C(=O)N1C[C@]2(C[C@H]1C(=O)NC(CC1CCC1)C(=O)C(N)=O)C(C)(C)C21CCC1)C(C)(C)C)C1CCCCC1)c1nn[nH]n1. The number of nitrogens with two attached hydrogens (primary N) is 1.